The minimum atomic E-state index is -4.22. The first-order valence-electron chi connectivity index (χ1n) is 5.10. The Morgan fingerprint density at radius 1 is 1.59 bits per heavy atom. The first-order valence-corrected chi connectivity index (χ1v) is 7.44. The van der Waals surface area contributed by atoms with Crippen LogP contribution in [0.3, 0.4) is 0 Å². The Morgan fingerprint density at radius 3 is 2.94 bits per heavy atom. The van der Waals surface area contributed by atoms with Gasteiger partial charge in [-0.3, -0.25) is 4.57 Å². The molecule has 0 saturated carbocycles. The molecule has 0 aromatic carbocycles. The number of aromatic amines is 1. The van der Waals surface area contributed by atoms with Gasteiger partial charge >= 0.3 is 0 Å². The number of ether oxygens (including phenoxy) is 1. The molecule has 1 heterocycles. The Hall–Kier alpha value is -0.300. The monoisotopic (exact) mass is 281 g/mol. The van der Waals surface area contributed by atoms with Gasteiger partial charge in [0, 0.05) is 7.11 Å². The molecule has 6 nitrogen and oxygen atoms in total. The summed E-state index contributed by atoms with van der Waals surface area (Å²) in [6.45, 7) is 1.74. The minimum Gasteiger partial charge on any atom is -0.756 e. The second kappa shape index (κ2) is 7.20. The average Bonchev–Trinajstić information content (AvgIpc) is 2.79. The first-order chi connectivity index (χ1) is 8.03. The highest BCUT2D eigenvalue weighted by Crippen LogP contribution is 2.38. The SMILES string of the molecule is COC(C)COP(=O)([O-])OCCc1[nH+]ccs1. The number of rotatable bonds is 8. The zero-order valence-corrected chi connectivity index (χ0v) is 11.5. The van der Waals surface area contributed by atoms with Crippen LogP contribution in [0.15, 0.2) is 11.6 Å². The lowest BCUT2D eigenvalue weighted by atomic mass is 10.4. The fourth-order valence-corrected chi connectivity index (χ4v) is 2.38. The Balaban J connectivity index is 2.22. The van der Waals surface area contributed by atoms with E-state index in [1.807, 2.05) is 5.38 Å². The van der Waals surface area contributed by atoms with Crippen molar-refractivity contribution in [2.75, 3.05) is 20.3 Å². The zero-order chi connectivity index (χ0) is 12.7. The molecule has 0 saturated heterocycles. The number of methoxy groups -OCH3 is 1. The summed E-state index contributed by atoms with van der Waals surface area (Å²) in [6, 6.07) is 0. The highest BCUT2D eigenvalue weighted by atomic mass is 32.1. The van der Waals surface area contributed by atoms with Crippen LogP contribution >= 0.6 is 19.2 Å². The summed E-state index contributed by atoms with van der Waals surface area (Å²) in [6.07, 6.45) is 2.01. The van der Waals surface area contributed by atoms with E-state index in [2.05, 4.69) is 9.51 Å². The molecular weight excluding hydrogens is 265 g/mol. The summed E-state index contributed by atoms with van der Waals surface area (Å²) in [7, 11) is -2.73. The molecule has 98 valence electrons. The van der Waals surface area contributed by atoms with Crippen molar-refractivity contribution in [3.8, 4) is 0 Å². The summed E-state index contributed by atoms with van der Waals surface area (Å²) < 4.78 is 25.5. The van der Waals surface area contributed by atoms with Crippen LogP contribution in [0.1, 0.15) is 11.9 Å². The molecule has 2 atom stereocenters. The molecule has 2 unspecified atom stereocenters. The molecule has 0 aliphatic carbocycles. The molecule has 17 heavy (non-hydrogen) atoms. The third kappa shape index (κ3) is 6.26. The van der Waals surface area contributed by atoms with Crippen LogP contribution in [0.4, 0.5) is 0 Å². The van der Waals surface area contributed by atoms with Gasteiger partial charge < -0.3 is 18.7 Å². The topological polar surface area (TPSA) is 82.0 Å². The second-order valence-electron chi connectivity index (χ2n) is 3.36. The van der Waals surface area contributed by atoms with Crippen molar-refractivity contribution < 1.29 is 28.2 Å². The van der Waals surface area contributed by atoms with Crippen molar-refractivity contribution in [2.24, 2.45) is 0 Å². The standard InChI is InChI=1S/C9H16NO5PS/c1-8(13-2)7-15-16(11,12)14-5-3-9-10-4-6-17-9/h4,6,8H,3,5,7H2,1-2H3,(H,11,12). The molecule has 1 N–H and O–H groups in total. The summed E-state index contributed by atoms with van der Waals surface area (Å²) >= 11 is 1.51. The molecule has 1 rings (SSSR count). The minimum absolute atomic E-state index is 0.0393. The summed E-state index contributed by atoms with van der Waals surface area (Å²) in [5.41, 5.74) is 0. The molecule has 1 aromatic heterocycles. The quantitative estimate of drug-likeness (QED) is 0.653. The van der Waals surface area contributed by atoms with E-state index < -0.39 is 7.82 Å². The Kier molecular flexibility index (Phi) is 6.26. The molecule has 8 heteroatoms. The molecular formula is C9H16NO5PS. The normalized spacial score (nSPS) is 16.6. The van der Waals surface area contributed by atoms with E-state index in [0.29, 0.717) is 6.42 Å². The molecule has 0 radical (unpaired) electrons. The van der Waals surface area contributed by atoms with Gasteiger partial charge in [-0.05, 0) is 6.92 Å². The first kappa shape index (κ1) is 14.8. The smallest absolute Gasteiger partial charge is 0.267 e. The number of H-pyrrole nitrogens is 1. The van der Waals surface area contributed by atoms with Gasteiger partial charge in [0.1, 0.15) is 0 Å². The lowest BCUT2D eigenvalue weighted by molar-refractivity contribution is -0.382. The second-order valence-corrected chi connectivity index (χ2v) is 5.77. The predicted octanol–water partition coefficient (Wildman–Crippen LogP) is 0.641. The largest absolute Gasteiger partial charge is 0.756 e. The summed E-state index contributed by atoms with van der Waals surface area (Å²) in [5.74, 6) is 0. The van der Waals surface area contributed by atoms with Crippen LogP contribution in [0.2, 0.25) is 0 Å². The van der Waals surface area contributed by atoms with Crippen LogP contribution in [-0.4, -0.2) is 26.4 Å². The van der Waals surface area contributed by atoms with E-state index in [1.54, 1.807) is 13.1 Å². The van der Waals surface area contributed by atoms with Crippen LogP contribution in [0.25, 0.3) is 0 Å². The number of thiazole rings is 1. The molecule has 0 fully saturated rings. The van der Waals surface area contributed by atoms with E-state index >= 15 is 0 Å². The van der Waals surface area contributed by atoms with E-state index in [9.17, 15) is 9.46 Å². The van der Waals surface area contributed by atoms with Crippen molar-refractivity contribution in [2.45, 2.75) is 19.4 Å². The number of phosphoric ester groups is 1. The van der Waals surface area contributed by atoms with E-state index in [0.717, 1.165) is 5.01 Å². The highest BCUT2D eigenvalue weighted by molar-refractivity contribution is 7.45. The number of nitrogens with one attached hydrogen (secondary N) is 1. The Labute approximate surface area is 104 Å². The third-order valence-electron chi connectivity index (χ3n) is 1.97. The lowest BCUT2D eigenvalue weighted by Gasteiger charge is -2.23. The number of hydrogen-bond acceptors (Lipinski definition) is 6. The van der Waals surface area contributed by atoms with Gasteiger partial charge in [-0.2, -0.15) is 0 Å². The lowest BCUT2D eigenvalue weighted by Crippen LogP contribution is -2.18. The molecule has 0 amide bonds. The van der Waals surface area contributed by atoms with Crippen molar-refractivity contribution >= 4 is 19.2 Å². The Morgan fingerprint density at radius 2 is 2.35 bits per heavy atom. The fourth-order valence-electron chi connectivity index (χ4n) is 0.960. The maximum Gasteiger partial charge on any atom is 0.267 e. The van der Waals surface area contributed by atoms with Crippen LogP contribution in [-0.2, 0) is 24.8 Å². The average molecular weight is 281 g/mol. The zero-order valence-electron chi connectivity index (χ0n) is 9.75. The van der Waals surface area contributed by atoms with Gasteiger partial charge in [0.05, 0.1) is 31.1 Å². The molecule has 0 aliphatic heterocycles. The number of phosphoric acid groups is 1. The van der Waals surface area contributed by atoms with Gasteiger partial charge in [-0.15, -0.1) is 0 Å². The van der Waals surface area contributed by atoms with Gasteiger partial charge in [0.15, 0.2) is 6.20 Å². The third-order valence-corrected chi connectivity index (χ3v) is 3.81. The van der Waals surface area contributed by atoms with Crippen molar-refractivity contribution in [3.05, 3.63) is 16.6 Å². The Bertz CT molecular complexity index is 358. The van der Waals surface area contributed by atoms with Gasteiger partial charge in [0.25, 0.3) is 7.82 Å². The van der Waals surface area contributed by atoms with E-state index in [-0.39, 0.29) is 19.3 Å². The van der Waals surface area contributed by atoms with E-state index in [1.165, 1.54) is 18.4 Å². The van der Waals surface area contributed by atoms with E-state index in [4.69, 9.17) is 9.26 Å². The maximum atomic E-state index is 11.3. The molecule has 0 aliphatic rings. The fraction of sp³-hybridized carbons (Fsp3) is 0.667. The highest BCUT2D eigenvalue weighted by Gasteiger charge is 2.13. The van der Waals surface area contributed by atoms with Crippen molar-refractivity contribution in [1.29, 1.82) is 0 Å². The van der Waals surface area contributed by atoms with Crippen molar-refractivity contribution in [1.82, 2.24) is 0 Å². The van der Waals surface area contributed by atoms with Crippen LogP contribution < -0.4 is 9.88 Å². The van der Waals surface area contributed by atoms with Crippen LogP contribution in [0.5, 0.6) is 0 Å². The van der Waals surface area contributed by atoms with Gasteiger partial charge in [-0.25, -0.2) is 4.98 Å². The summed E-state index contributed by atoms with van der Waals surface area (Å²) in [4.78, 5) is 14.3. The summed E-state index contributed by atoms with van der Waals surface area (Å²) in [5, 5.41) is 2.83. The molecule has 0 spiro atoms. The van der Waals surface area contributed by atoms with Crippen LogP contribution in [0, 0.1) is 0 Å². The molecule has 0 bridgehead atoms. The number of aromatic nitrogens is 1. The van der Waals surface area contributed by atoms with Crippen molar-refractivity contribution in [3.63, 3.8) is 0 Å². The van der Waals surface area contributed by atoms with Gasteiger partial charge in [-0.1, -0.05) is 11.3 Å². The number of hydrogen-bond donors (Lipinski definition) is 0. The van der Waals surface area contributed by atoms with Gasteiger partial charge in [0.2, 0.25) is 5.01 Å². The maximum absolute atomic E-state index is 11.3. The molecule has 1 aromatic rings. The predicted molar refractivity (Wildman–Crippen MR) is 60.6 cm³/mol.